The molecule has 0 aromatic heterocycles. The van der Waals surface area contributed by atoms with Gasteiger partial charge >= 0.3 is 0 Å². The molecule has 104 valence electrons. The number of amides is 1. The van der Waals surface area contributed by atoms with E-state index >= 15 is 0 Å². The lowest BCUT2D eigenvalue weighted by Crippen LogP contribution is -2.30. The van der Waals surface area contributed by atoms with E-state index in [0.29, 0.717) is 5.75 Å². The number of nitrogens with one attached hydrogen (secondary N) is 1. The summed E-state index contributed by atoms with van der Waals surface area (Å²) in [6, 6.07) is 2.48. The van der Waals surface area contributed by atoms with Gasteiger partial charge in [-0.25, -0.2) is 17.5 Å². The average molecular weight is 287 g/mol. The molecule has 0 heterocycles. The van der Waals surface area contributed by atoms with Crippen LogP contribution in [0.5, 0.6) is 5.75 Å². The Balaban J connectivity index is 2.40. The summed E-state index contributed by atoms with van der Waals surface area (Å²) in [5.74, 6) is -1.14. The van der Waals surface area contributed by atoms with E-state index in [1.165, 1.54) is 13.2 Å². The van der Waals surface area contributed by atoms with Gasteiger partial charge in [-0.1, -0.05) is 0 Å². The van der Waals surface area contributed by atoms with Crippen molar-refractivity contribution in [1.82, 2.24) is 4.72 Å². The smallest absolute Gasteiger partial charge is 0.267 e. The van der Waals surface area contributed by atoms with Crippen molar-refractivity contribution in [2.75, 3.05) is 13.4 Å². The highest BCUT2D eigenvalue weighted by Crippen LogP contribution is 2.45. The van der Waals surface area contributed by atoms with Gasteiger partial charge in [0, 0.05) is 6.07 Å². The van der Waals surface area contributed by atoms with E-state index in [2.05, 4.69) is 0 Å². The van der Waals surface area contributed by atoms with Crippen molar-refractivity contribution < 1.29 is 22.3 Å². The number of hydrogen-bond donors (Lipinski definition) is 1. The number of rotatable bonds is 4. The first-order chi connectivity index (χ1) is 8.81. The van der Waals surface area contributed by atoms with E-state index in [1.54, 1.807) is 4.72 Å². The van der Waals surface area contributed by atoms with Gasteiger partial charge in [-0.05, 0) is 30.4 Å². The number of ether oxygens (including phenoxy) is 1. The second kappa shape index (κ2) is 4.80. The molecule has 1 N–H and O–H groups in total. The molecule has 0 saturated heterocycles. The van der Waals surface area contributed by atoms with Crippen LogP contribution in [0.2, 0.25) is 0 Å². The van der Waals surface area contributed by atoms with Crippen molar-refractivity contribution in [3.05, 3.63) is 29.1 Å². The third kappa shape index (κ3) is 3.23. The summed E-state index contributed by atoms with van der Waals surface area (Å²) in [6.07, 6.45) is 2.75. The molecule has 1 aliphatic carbocycles. The van der Waals surface area contributed by atoms with Gasteiger partial charge in [0.2, 0.25) is 10.0 Å². The molecule has 1 saturated carbocycles. The molecular weight excluding hydrogens is 273 g/mol. The van der Waals surface area contributed by atoms with Crippen LogP contribution in [0.1, 0.15) is 34.7 Å². The van der Waals surface area contributed by atoms with Crippen molar-refractivity contribution in [3.63, 3.8) is 0 Å². The lowest BCUT2D eigenvalue weighted by Gasteiger charge is -2.11. The summed E-state index contributed by atoms with van der Waals surface area (Å²) in [5, 5.41) is 0. The van der Waals surface area contributed by atoms with Gasteiger partial charge in [-0.2, -0.15) is 0 Å². The number of sulfonamides is 1. The predicted molar refractivity (Wildman–Crippen MR) is 67.2 cm³/mol. The molecule has 0 unspecified atom stereocenters. The minimum Gasteiger partial charge on any atom is -0.496 e. The zero-order valence-electron chi connectivity index (χ0n) is 10.6. The Hall–Kier alpha value is -1.63. The van der Waals surface area contributed by atoms with Gasteiger partial charge in [-0.15, -0.1) is 0 Å². The summed E-state index contributed by atoms with van der Waals surface area (Å²) < 4.78 is 42.6. The largest absolute Gasteiger partial charge is 0.496 e. The van der Waals surface area contributed by atoms with E-state index < -0.39 is 21.7 Å². The van der Waals surface area contributed by atoms with Crippen LogP contribution in [-0.4, -0.2) is 27.7 Å². The van der Waals surface area contributed by atoms with Crippen LogP contribution in [0.15, 0.2) is 12.1 Å². The molecule has 7 heteroatoms. The molecule has 1 aromatic rings. The van der Waals surface area contributed by atoms with Gasteiger partial charge in [-0.3, -0.25) is 4.79 Å². The molecule has 2 rings (SSSR count). The van der Waals surface area contributed by atoms with Crippen molar-refractivity contribution in [2.24, 2.45) is 0 Å². The van der Waals surface area contributed by atoms with Crippen LogP contribution in [0.25, 0.3) is 0 Å². The Bertz CT molecular complexity index is 623. The van der Waals surface area contributed by atoms with E-state index in [9.17, 15) is 17.6 Å². The van der Waals surface area contributed by atoms with Crippen molar-refractivity contribution in [1.29, 1.82) is 0 Å². The quantitative estimate of drug-likeness (QED) is 0.908. The highest BCUT2D eigenvalue weighted by molar-refractivity contribution is 7.89. The standard InChI is InChI=1S/C12H14FNO4S/c1-18-11-6-10(13)9(5-8(11)7-3-4-7)12(15)14-19(2,16)17/h5-7H,3-4H2,1-2H3,(H,14,15). The second-order valence-corrected chi connectivity index (χ2v) is 6.30. The molecule has 0 spiro atoms. The van der Waals surface area contributed by atoms with Crippen LogP contribution in [0.4, 0.5) is 4.39 Å². The Morgan fingerprint density at radius 3 is 2.53 bits per heavy atom. The fourth-order valence-electron chi connectivity index (χ4n) is 1.86. The Kier molecular flexibility index (Phi) is 3.49. The maximum atomic E-state index is 13.8. The topological polar surface area (TPSA) is 72.5 Å². The number of carbonyl (C=O) groups excluding carboxylic acids is 1. The Morgan fingerprint density at radius 2 is 2.05 bits per heavy atom. The number of benzene rings is 1. The fraction of sp³-hybridized carbons (Fsp3) is 0.417. The summed E-state index contributed by atoms with van der Waals surface area (Å²) in [4.78, 5) is 11.7. The van der Waals surface area contributed by atoms with Gasteiger partial charge in [0.15, 0.2) is 0 Å². The van der Waals surface area contributed by atoms with Crippen molar-refractivity contribution in [2.45, 2.75) is 18.8 Å². The van der Waals surface area contributed by atoms with Gasteiger partial charge in [0.1, 0.15) is 11.6 Å². The summed E-state index contributed by atoms with van der Waals surface area (Å²) in [5.41, 5.74) is 0.454. The molecule has 1 aromatic carbocycles. The number of carbonyl (C=O) groups is 1. The van der Waals surface area contributed by atoms with Crippen LogP contribution < -0.4 is 9.46 Å². The van der Waals surface area contributed by atoms with Crippen LogP contribution in [0.3, 0.4) is 0 Å². The van der Waals surface area contributed by atoms with Crippen molar-refractivity contribution in [3.8, 4) is 5.75 Å². The molecule has 0 aliphatic heterocycles. The third-order valence-corrected chi connectivity index (χ3v) is 3.42. The summed E-state index contributed by atoms with van der Waals surface area (Å²) in [7, 11) is -2.29. The Morgan fingerprint density at radius 1 is 1.42 bits per heavy atom. The van der Waals surface area contributed by atoms with Gasteiger partial charge in [0.25, 0.3) is 5.91 Å². The van der Waals surface area contributed by atoms with E-state index in [1.807, 2.05) is 0 Å². The van der Waals surface area contributed by atoms with E-state index in [0.717, 1.165) is 30.7 Å². The molecule has 1 aliphatic rings. The van der Waals surface area contributed by atoms with E-state index in [4.69, 9.17) is 4.74 Å². The molecule has 19 heavy (non-hydrogen) atoms. The molecule has 0 bridgehead atoms. The van der Waals surface area contributed by atoms with Crippen LogP contribution >= 0.6 is 0 Å². The first kappa shape index (κ1) is 13.8. The summed E-state index contributed by atoms with van der Waals surface area (Å²) >= 11 is 0. The lowest BCUT2D eigenvalue weighted by molar-refractivity contribution is 0.0977. The lowest BCUT2D eigenvalue weighted by atomic mass is 10.0. The third-order valence-electron chi connectivity index (χ3n) is 2.86. The molecule has 1 fully saturated rings. The van der Waals surface area contributed by atoms with Gasteiger partial charge in [0.05, 0.1) is 18.9 Å². The second-order valence-electron chi connectivity index (χ2n) is 4.55. The Labute approximate surface area is 110 Å². The highest BCUT2D eigenvalue weighted by Gasteiger charge is 2.29. The monoisotopic (exact) mass is 287 g/mol. The predicted octanol–water partition coefficient (Wildman–Crippen LogP) is 1.40. The molecular formula is C12H14FNO4S. The van der Waals surface area contributed by atoms with Gasteiger partial charge < -0.3 is 4.74 Å². The number of hydrogen-bond acceptors (Lipinski definition) is 4. The zero-order chi connectivity index (χ0) is 14.2. The molecule has 0 atom stereocenters. The normalized spacial score (nSPS) is 15.1. The number of methoxy groups -OCH3 is 1. The molecule has 5 nitrogen and oxygen atoms in total. The van der Waals surface area contributed by atoms with Crippen LogP contribution in [0, 0.1) is 5.82 Å². The SMILES string of the molecule is COc1cc(F)c(C(=O)NS(C)(=O)=O)cc1C1CC1. The van der Waals surface area contributed by atoms with E-state index in [-0.39, 0.29) is 11.5 Å². The minimum atomic E-state index is -3.72. The highest BCUT2D eigenvalue weighted by atomic mass is 32.2. The van der Waals surface area contributed by atoms with Crippen LogP contribution in [-0.2, 0) is 10.0 Å². The minimum absolute atomic E-state index is 0.250. The zero-order valence-corrected chi connectivity index (χ0v) is 11.4. The molecule has 1 amide bonds. The van der Waals surface area contributed by atoms with Crippen molar-refractivity contribution >= 4 is 15.9 Å². The maximum absolute atomic E-state index is 13.8. The first-order valence-corrected chi connectivity index (χ1v) is 7.60. The maximum Gasteiger partial charge on any atom is 0.267 e. The summed E-state index contributed by atoms with van der Waals surface area (Å²) in [6.45, 7) is 0. The fourth-order valence-corrected chi connectivity index (χ4v) is 2.31. The number of halogens is 1. The average Bonchev–Trinajstić information content (AvgIpc) is 3.09. The first-order valence-electron chi connectivity index (χ1n) is 5.71. The molecule has 0 radical (unpaired) electrons.